The molecule has 1 aromatic carbocycles. The first-order chi connectivity index (χ1) is 20.0. The molecule has 220 valence electrons. The van der Waals surface area contributed by atoms with Gasteiger partial charge >= 0.3 is 5.97 Å². The number of aryl methyl sites for hydroxylation is 3. The highest BCUT2D eigenvalue weighted by Crippen LogP contribution is 2.36. The summed E-state index contributed by atoms with van der Waals surface area (Å²) >= 11 is 0. The van der Waals surface area contributed by atoms with Crippen molar-refractivity contribution in [3.8, 4) is 0 Å². The van der Waals surface area contributed by atoms with E-state index in [0.717, 1.165) is 46.7 Å². The molecule has 42 heavy (non-hydrogen) atoms. The number of aliphatic carboxylic acids is 1. The number of aromatic nitrogens is 4. The summed E-state index contributed by atoms with van der Waals surface area (Å²) in [6, 6.07) is 11.1. The summed E-state index contributed by atoms with van der Waals surface area (Å²) in [5.74, 6) is -0.0957. The predicted octanol–water partition coefficient (Wildman–Crippen LogP) is 2.98. The van der Waals surface area contributed by atoms with Crippen molar-refractivity contribution in [1.82, 2.24) is 28.8 Å². The van der Waals surface area contributed by atoms with E-state index in [0.29, 0.717) is 24.6 Å². The molecule has 6 rings (SSSR count). The molecular weight excluding hydrogens is 554 g/mol. The Labute approximate surface area is 245 Å². The van der Waals surface area contributed by atoms with Gasteiger partial charge in [0.25, 0.3) is 0 Å². The number of pyridine rings is 2. The third kappa shape index (κ3) is 4.93. The molecule has 0 radical (unpaired) electrons. The fraction of sp³-hybridized carbons (Fsp3) is 0.400. The number of hydrogen-bond acceptors (Lipinski definition) is 8. The van der Waals surface area contributed by atoms with Crippen LogP contribution in [0.25, 0.3) is 5.65 Å². The van der Waals surface area contributed by atoms with E-state index >= 15 is 0 Å². The van der Waals surface area contributed by atoms with Crippen LogP contribution in [0.3, 0.4) is 0 Å². The molecular formula is C30H35N7O4S. The minimum absolute atomic E-state index is 0.0427. The fourth-order valence-electron chi connectivity index (χ4n) is 6.31. The summed E-state index contributed by atoms with van der Waals surface area (Å²) in [5, 5.41) is 18.4. The van der Waals surface area contributed by atoms with Gasteiger partial charge in [-0.15, -0.1) is 10.2 Å². The normalized spacial score (nSPS) is 19.7. The second-order valence-corrected chi connectivity index (χ2v) is 13.3. The van der Waals surface area contributed by atoms with Crippen molar-refractivity contribution in [3.63, 3.8) is 0 Å². The molecule has 1 saturated heterocycles. The maximum Gasteiger partial charge on any atom is 0.304 e. The Hall–Kier alpha value is -3.87. The molecule has 1 fully saturated rings. The van der Waals surface area contributed by atoms with Crippen LogP contribution in [0.2, 0.25) is 0 Å². The molecule has 0 bridgehead atoms. The third-order valence-electron chi connectivity index (χ3n) is 8.66. The summed E-state index contributed by atoms with van der Waals surface area (Å²) in [6.07, 6.45) is 3.41. The number of piperazine rings is 1. The molecule has 4 aromatic rings. The van der Waals surface area contributed by atoms with Crippen LogP contribution >= 0.6 is 0 Å². The van der Waals surface area contributed by atoms with Gasteiger partial charge in [0, 0.05) is 51.0 Å². The number of sulfonamides is 1. The van der Waals surface area contributed by atoms with Crippen molar-refractivity contribution in [2.24, 2.45) is 0 Å². The van der Waals surface area contributed by atoms with Crippen LogP contribution in [0, 0.1) is 20.8 Å². The molecule has 2 aliphatic heterocycles. The Bertz CT molecular complexity index is 1790. The van der Waals surface area contributed by atoms with Crippen LogP contribution < -0.4 is 4.90 Å². The smallest absolute Gasteiger partial charge is 0.304 e. The maximum absolute atomic E-state index is 14.1. The van der Waals surface area contributed by atoms with E-state index in [1.165, 1.54) is 0 Å². The molecule has 0 unspecified atom stereocenters. The summed E-state index contributed by atoms with van der Waals surface area (Å²) in [5.41, 5.74) is 5.01. The Morgan fingerprint density at radius 3 is 2.69 bits per heavy atom. The van der Waals surface area contributed by atoms with Gasteiger partial charge < -0.3 is 14.9 Å². The Balaban J connectivity index is 1.40. The van der Waals surface area contributed by atoms with Gasteiger partial charge in [-0.25, -0.2) is 13.4 Å². The number of anilines is 1. The molecule has 0 saturated carbocycles. The van der Waals surface area contributed by atoms with Gasteiger partial charge in [-0.2, -0.15) is 4.31 Å². The molecule has 11 nitrogen and oxygen atoms in total. The number of carboxylic acid groups (broad SMARTS) is 1. The first kappa shape index (κ1) is 28.3. The first-order valence-electron chi connectivity index (χ1n) is 14.1. The molecule has 0 amide bonds. The maximum atomic E-state index is 14.1. The summed E-state index contributed by atoms with van der Waals surface area (Å²) in [7, 11) is -1.79. The van der Waals surface area contributed by atoms with Crippen molar-refractivity contribution in [2.45, 2.75) is 50.6 Å². The Morgan fingerprint density at radius 1 is 1.10 bits per heavy atom. The van der Waals surface area contributed by atoms with E-state index in [2.05, 4.69) is 32.0 Å². The molecule has 12 heteroatoms. The lowest BCUT2D eigenvalue weighted by Gasteiger charge is -2.40. The average Bonchev–Trinajstić information content (AvgIpc) is 3.30. The highest BCUT2D eigenvalue weighted by Gasteiger charge is 2.40. The first-order valence-corrected chi connectivity index (χ1v) is 15.5. The minimum Gasteiger partial charge on any atom is -0.481 e. The van der Waals surface area contributed by atoms with Crippen LogP contribution in [0.5, 0.6) is 0 Å². The monoisotopic (exact) mass is 589 g/mol. The molecule has 1 N–H and O–H groups in total. The average molecular weight is 590 g/mol. The van der Waals surface area contributed by atoms with Gasteiger partial charge in [0.2, 0.25) is 10.0 Å². The van der Waals surface area contributed by atoms with Crippen molar-refractivity contribution < 1.29 is 18.3 Å². The second kappa shape index (κ2) is 10.8. The fourth-order valence-corrected chi connectivity index (χ4v) is 7.91. The van der Waals surface area contributed by atoms with Gasteiger partial charge in [0.15, 0.2) is 5.65 Å². The van der Waals surface area contributed by atoms with E-state index in [1.807, 2.05) is 55.6 Å². The van der Waals surface area contributed by atoms with Crippen molar-refractivity contribution in [3.05, 3.63) is 82.4 Å². The van der Waals surface area contributed by atoms with E-state index in [1.54, 1.807) is 22.6 Å². The van der Waals surface area contributed by atoms with Crippen LogP contribution in [-0.2, 0) is 21.4 Å². The van der Waals surface area contributed by atoms with Crippen LogP contribution in [-0.4, -0.2) is 87.5 Å². The zero-order valence-electron chi connectivity index (χ0n) is 24.2. The number of benzene rings is 1. The molecule has 5 heterocycles. The number of rotatable bonds is 6. The van der Waals surface area contributed by atoms with Gasteiger partial charge in [0.1, 0.15) is 16.5 Å². The molecule has 0 aliphatic carbocycles. The van der Waals surface area contributed by atoms with E-state index < -0.39 is 21.9 Å². The lowest BCUT2D eigenvalue weighted by Crippen LogP contribution is -2.55. The lowest BCUT2D eigenvalue weighted by molar-refractivity contribution is -0.137. The van der Waals surface area contributed by atoms with Gasteiger partial charge in [0.05, 0.1) is 12.5 Å². The number of hydrogen-bond donors (Lipinski definition) is 1. The minimum atomic E-state index is -3.84. The zero-order valence-corrected chi connectivity index (χ0v) is 25.0. The van der Waals surface area contributed by atoms with Crippen LogP contribution in [0.15, 0.2) is 53.7 Å². The number of carbonyl (C=O) groups is 1. The number of likely N-dealkylation sites (N-methyl/N-ethyl adjacent to an activating group) is 1. The van der Waals surface area contributed by atoms with Crippen molar-refractivity contribution in [2.75, 3.05) is 38.1 Å². The van der Waals surface area contributed by atoms with Crippen LogP contribution in [0.1, 0.15) is 46.0 Å². The number of carboxylic acids is 1. The van der Waals surface area contributed by atoms with E-state index in [4.69, 9.17) is 0 Å². The quantitative estimate of drug-likeness (QED) is 0.361. The number of fused-ring (bicyclic) bond motifs is 4. The molecule has 2 aliphatic rings. The Morgan fingerprint density at radius 2 is 1.90 bits per heavy atom. The molecule has 0 spiro atoms. The third-order valence-corrected chi connectivity index (χ3v) is 10.5. The molecule has 3 aromatic heterocycles. The van der Waals surface area contributed by atoms with Gasteiger partial charge in [-0.05, 0) is 73.8 Å². The van der Waals surface area contributed by atoms with Gasteiger partial charge in [-0.1, -0.05) is 18.2 Å². The lowest BCUT2D eigenvalue weighted by atomic mass is 9.85. The highest BCUT2D eigenvalue weighted by atomic mass is 32.2. The SMILES string of the molecule is Cc1ccc([C@H](CC(=O)O)c2ccn3c(C)nnc3c2C)cc1CN1C[C@H]2CN(C)CCN2c2ncccc2S1(=O)=O. The largest absolute Gasteiger partial charge is 0.481 e. The highest BCUT2D eigenvalue weighted by molar-refractivity contribution is 7.89. The summed E-state index contributed by atoms with van der Waals surface area (Å²) in [6.45, 7) is 8.53. The van der Waals surface area contributed by atoms with Crippen molar-refractivity contribution >= 4 is 27.5 Å². The predicted molar refractivity (Wildman–Crippen MR) is 158 cm³/mol. The van der Waals surface area contributed by atoms with Crippen LogP contribution in [0.4, 0.5) is 5.82 Å². The van der Waals surface area contributed by atoms with Gasteiger partial charge in [-0.3, -0.25) is 9.20 Å². The Kier molecular flexibility index (Phi) is 7.24. The van der Waals surface area contributed by atoms with E-state index in [-0.39, 0.29) is 23.9 Å². The van der Waals surface area contributed by atoms with Crippen molar-refractivity contribution in [1.29, 1.82) is 0 Å². The summed E-state index contributed by atoms with van der Waals surface area (Å²) < 4.78 is 31.6. The summed E-state index contributed by atoms with van der Waals surface area (Å²) in [4.78, 5) is 21.2. The molecule has 2 atom stereocenters. The zero-order chi connectivity index (χ0) is 29.8. The van der Waals surface area contributed by atoms with E-state index in [9.17, 15) is 18.3 Å². The second-order valence-electron chi connectivity index (χ2n) is 11.4. The topological polar surface area (TPSA) is 124 Å². The standard InChI is InChI=1S/C30H35N7O4S/c1-19-7-8-22(26(15-28(38)39)25-9-11-36-21(3)32-33-29(36)20(25)2)14-23(19)16-35-18-24-17-34(4)12-13-37(24)30-27(42(35,40)41)6-5-10-31-30/h5-11,14,24,26H,12-13,15-18H2,1-4H3,(H,38,39)/t24-,26+/m1/s1. The number of nitrogens with zero attached hydrogens (tertiary/aromatic N) is 7.